The maximum absolute atomic E-state index is 12.5. The fraction of sp³-hybridized carbons (Fsp3) is 0.462. The molecule has 1 heterocycles. The van der Waals surface area contributed by atoms with Crippen molar-refractivity contribution in [2.24, 2.45) is 0 Å². The van der Waals surface area contributed by atoms with Crippen molar-refractivity contribution in [2.75, 3.05) is 24.2 Å². The van der Waals surface area contributed by atoms with Gasteiger partial charge in [0.25, 0.3) is 0 Å². The highest BCUT2D eigenvalue weighted by atomic mass is 19.4. The predicted octanol–water partition coefficient (Wildman–Crippen LogP) is 2.25. The van der Waals surface area contributed by atoms with Gasteiger partial charge in [0.1, 0.15) is 6.04 Å². The molecule has 116 valence electrons. The van der Waals surface area contributed by atoms with E-state index in [1.165, 1.54) is 5.06 Å². The minimum atomic E-state index is -4.46. The average molecular weight is 303 g/mol. The molecule has 2 rings (SSSR count). The second kappa shape index (κ2) is 5.90. The highest BCUT2D eigenvalue weighted by Crippen LogP contribution is 2.32. The minimum Gasteiger partial charge on any atom is -0.397 e. The monoisotopic (exact) mass is 303 g/mol. The Kier molecular flexibility index (Phi) is 4.38. The normalized spacial score (nSPS) is 17.7. The predicted molar refractivity (Wildman–Crippen MR) is 71.2 cm³/mol. The number of nitrogens with two attached hydrogens (primary N) is 1. The quantitative estimate of drug-likeness (QED) is 0.841. The van der Waals surface area contributed by atoms with Crippen molar-refractivity contribution in [3.05, 3.63) is 23.8 Å². The molecule has 3 N–H and O–H groups in total. The zero-order chi connectivity index (χ0) is 15.6. The lowest BCUT2D eigenvalue weighted by Gasteiger charge is -2.22. The number of anilines is 2. The van der Waals surface area contributed by atoms with Crippen LogP contribution in [-0.2, 0) is 15.8 Å². The third kappa shape index (κ3) is 3.64. The van der Waals surface area contributed by atoms with E-state index in [0.717, 1.165) is 24.6 Å². The van der Waals surface area contributed by atoms with Crippen LogP contribution in [0.2, 0.25) is 0 Å². The van der Waals surface area contributed by atoms with Gasteiger partial charge < -0.3 is 11.1 Å². The second-order valence-corrected chi connectivity index (χ2v) is 4.79. The summed E-state index contributed by atoms with van der Waals surface area (Å²) in [6.07, 6.45) is -3.63. The summed E-state index contributed by atoms with van der Waals surface area (Å²) in [4.78, 5) is 17.3. The number of alkyl halides is 3. The highest BCUT2D eigenvalue weighted by molar-refractivity contribution is 5.97. The van der Waals surface area contributed by atoms with E-state index in [-0.39, 0.29) is 17.3 Å². The maximum Gasteiger partial charge on any atom is 0.416 e. The third-order valence-corrected chi connectivity index (χ3v) is 3.23. The number of benzene rings is 1. The van der Waals surface area contributed by atoms with Crippen LogP contribution in [0.3, 0.4) is 0 Å². The molecule has 0 aromatic heterocycles. The van der Waals surface area contributed by atoms with Crippen LogP contribution in [-0.4, -0.2) is 30.2 Å². The molecular formula is C13H16F3N3O2. The molecule has 0 aliphatic carbocycles. The van der Waals surface area contributed by atoms with E-state index < -0.39 is 17.8 Å². The van der Waals surface area contributed by atoms with Crippen LogP contribution >= 0.6 is 0 Å². The molecule has 1 amide bonds. The molecule has 1 aromatic carbocycles. The number of hydrogen-bond donors (Lipinski definition) is 2. The summed E-state index contributed by atoms with van der Waals surface area (Å²) in [7, 11) is 0. The van der Waals surface area contributed by atoms with E-state index >= 15 is 0 Å². The zero-order valence-corrected chi connectivity index (χ0v) is 11.4. The molecule has 1 aliphatic rings. The number of nitrogen functional groups attached to an aromatic ring is 1. The Bertz CT molecular complexity index is 528. The van der Waals surface area contributed by atoms with Crippen LogP contribution in [0.25, 0.3) is 0 Å². The number of nitrogens with one attached hydrogen (secondary N) is 1. The number of hydroxylamine groups is 2. The van der Waals surface area contributed by atoms with Crippen molar-refractivity contribution in [3.8, 4) is 0 Å². The number of nitrogens with zero attached hydrogens (tertiary/aromatic N) is 1. The van der Waals surface area contributed by atoms with Gasteiger partial charge in [-0.25, -0.2) is 0 Å². The van der Waals surface area contributed by atoms with Crippen molar-refractivity contribution in [2.45, 2.75) is 25.6 Å². The van der Waals surface area contributed by atoms with E-state index in [0.29, 0.717) is 13.2 Å². The van der Waals surface area contributed by atoms with E-state index in [1.54, 1.807) is 6.92 Å². The molecular weight excluding hydrogens is 287 g/mol. The van der Waals surface area contributed by atoms with Gasteiger partial charge in [0, 0.05) is 6.54 Å². The highest BCUT2D eigenvalue weighted by Gasteiger charge is 2.31. The lowest BCUT2D eigenvalue weighted by atomic mass is 10.1. The SMILES string of the molecule is CC(C(=O)Nc1ccc(C(F)(F)F)cc1N)N1CCCO1. The first-order chi connectivity index (χ1) is 9.79. The van der Waals surface area contributed by atoms with Gasteiger partial charge in [0.05, 0.1) is 23.5 Å². The Hall–Kier alpha value is -1.80. The van der Waals surface area contributed by atoms with Crippen LogP contribution in [0, 0.1) is 0 Å². The van der Waals surface area contributed by atoms with Crippen LogP contribution in [0.5, 0.6) is 0 Å². The van der Waals surface area contributed by atoms with Gasteiger partial charge in [0.2, 0.25) is 5.91 Å². The maximum atomic E-state index is 12.5. The molecule has 0 bridgehead atoms. The topological polar surface area (TPSA) is 67.6 Å². The molecule has 0 radical (unpaired) electrons. The standard InChI is InChI=1S/C13H16F3N3O2/c1-8(19-5-2-6-21-19)12(20)18-11-4-3-9(7-10(11)17)13(14,15)16/h3-4,7-8H,2,5-6,17H2,1H3,(H,18,20). The van der Waals surface area contributed by atoms with Crippen molar-refractivity contribution in [1.82, 2.24) is 5.06 Å². The molecule has 1 saturated heterocycles. The fourth-order valence-electron chi connectivity index (χ4n) is 1.99. The second-order valence-electron chi connectivity index (χ2n) is 4.79. The number of amides is 1. The number of rotatable bonds is 3. The van der Waals surface area contributed by atoms with Gasteiger partial charge in [-0.2, -0.15) is 18.2 Å². The Morgan fingerprint density at radius 2 is 2.19 bits per heavy atom. The summed E-state index contributed by atoms with van der Waals surface area (Å²) >= 11 is 0. The third-order valence-electron chi connectivity index (χ3n) is 3.23. The first kappa shape index (κ1) is 15.6. The zero-order valence-electron chi connectivity index (χ0n) is 11.4. The number of carbonyl (C=O) groups is 1. The Morgan fingerprint density at radius 1 is 1.48 bits per heavy atom. The van der Waals surface area contributed by atoms with E-state index in [2.05, 4.69) is 5.32 Å². The van der Waals surface area contributed by atoms with Crippen LogP contribution in [0.15, 0.2) is 18.2 Å². The first-order valence-corrected chi connectivity index (χ1v) is 6.46. The fourth-order valence-corrected chi connectivity index (χ4v) is 1.99. The smallest absolute Gasteiger partial charge is 0.397 e. The summed E-state index contributed by atoms with van der Waals surface area (Å²) in [5, 5.41) is 4.05. The molecule has 1 fully saturated rings. The summed E-state index contributed by atoms with van der Waals surface area (Å²) in [5.74, 6) is -0.386. The number of halogens is 3. The summed E-state index contributed by atoms with van der Waals surface area (Å²) in [6.45, 7) is 2.85. The molecule has 1 unspecified atom stereocenters. The summed E-state index contributed by atoms with van der Waals surface area (Å²) in [5.41, 5.74) is 4.73. The Labute approximate surface area is 119 Å². The van der Waals surface area contributed by atoms with E-state index in [4.69, 9.17) is 10.6 Å². The summed E-state index contributed by atoms with van der Waals surface area (Å²) < 4.78 is 37.6. The largest absolute Gasteiger partial charge is 0.416 e. The van der Waals surface area contributed by atoms with Gasteiger partial charge in [0.15, 0.2) is 0 Å². The van der Waals surface area contributed by atoms with Gasteiger partial charge in [-0.3, -0.25) is 9.63 Å². The van der Waals surface area contributed by atoms with Crippen LogP contribution in [0.1, 0.15) is 18.9 Å². The molecule has 8 heteroatoms. The van der Waals surface area contributed by atoms with Gasteiger partial charge in [-0.15, -0.1) is 0 Å². The van der Waals surface area contributed by atoms with Gasteiger partial charge in [-0.05, 0) is 31.5 Å². The Balaban J connectivity index is 2.07. The molecule has 1 atom stereocenters. The van der Waals surface area contributed by atoms with Crippen LogP contribution < -0.4 is 11.1 Å². The average Bonchev–Trinajstić information content (AvgIpc) is 2.92. The molecule has 0 spiro atoms. The van der Waals surface area contributed by atoms with Crippen molar-refractivity contribution in [3.63, 3.8) is 0 Å². The van der Waals surface area contributed by atoms with Gasteiger partial charge >= 0.3 is 6.18 Å². The Morgan fingerprint density at radius 3 is 2.71 bits per heavy atom. The van der Waals surface area contributed by atoms with Crippen molar-refractivity contribution < 1.29 is 22.8 Å². The van der Waals surface area contributed by atoms with E-state index in [9.17, 15) is 18.0 Å². The number of carbonyl (C=O) groups excluding carboxylic acids is 1. The van der Waals surface area contributed by atoms with Gasteiger partial charge in [-0.1, -0.05) is 0 Å². The minimum absolute atomic E-state index is 0.132. The lowest BCUT2D eigenvalue weighted by Crippen LogP contribution is -2.39. The molecule has 1 aromatic rings. The van der Waals surface area contributed by atoms with Crippen LogP contribution in [0.4, 0.5) is 24.5 Å². The van der Waals surface area contributed by atoms with Crippen molar-refractivity contribution in [1.29, 1.82) is 0 Å². The molecule has 5 nitrogen and oxygen atoms in total. The summed E-state index contributed by atoms with van der Waals surface area (Å²) in [6, 6.07) is 2.28. The molecule has 21 heavy (non-hydrogen) atoms. The molecule has 1 aliphatic heterocycles. The van der Waals surface area contributed by atoms with Crippen molar-refractivity contribution >= 4 is 17.3 Å². The molecule has 0 saturated carbocycles. The lowest BCUT2D eigenvalue weighted by molar-refractivity contribution is -0.154. The number of hydrogen-bond acceptors (Lipinski definition) is 4. The first-order valence-electron chi connectivity index (χ1n) is 6.46. The van der Waals surface area contributed by atoms with E-state index in [1.807, 2.05) is 0 Å².